The van der Waals surface area contributed by atoms with E-state index in [1.165, 1.54) is 18.3 Å². The van der Waals surface area contributed by atoms with Gasteiger partial charge in [0.2, 0.25) is 0 Å². The summed E-state index contributed by atoms with van der Waals surface area (Å²) >= 11 is 0. The van der Waals surface area contributed by atoms with Gasteiger partial charge in [0, 0.05) is 5.69 Å². The highest BCUT2D eigenvalue weighted by Crippen LogP contribution is 2.09. The Labute approximate surface area is 109 Å². The Morgan fingerprint density at radius 2 is 1.84 bits per heavy atom. The first-order valence-corrected chi connectivity index (χ1v) is 5.60. The van der Waals surface area contributed by atoms with Crippen LogP contribution in [0.2, 0.25) is 0 Å². The zero-order chi connectivity index (χ0) is 13.7. The van der Waals surface area contributed by atoms with E-state index in [-0.39, 0.29) is 5.82 Å². The number of nitrogens with one attached hydrogen (secondary N) is 1. The molecule has 0 bridgehead atoms. The maximum absolute atomic E-state index is 12.7. The molecule has 1 amide bonds. The summed E-state index contributed by atoms with van der Waals surface area (Å²) in [5.74, 6) is -0.713. The van der Waals surface area contributed by atoms with Crippen LogP contribution < -0.4 is 11.2 Å². The molecule has 0 aliphatic carbocycles. The first kappa shape index (κ1) is 12.8. The molecule has 0 aliphatic rings. The van der Waals surface area contributed by atoms with E-state index in [0.29, 0.717) is 16.8 Å². The predicted octanol–water partition coefficient (Wildman–Crippen LogP) is 2.17. The van der Waals surface area contributed by atoms with Gasteiger partial charge in [0.05, 0.1) is 11.8 Å². The molecule has 0 atom stereocenters. The van der Waals surface area contributed by atoms with E-state index in [1.807, 2.05) is 0 Å². The van der Waals surface area contributed by atoms with Crippen molar-refractivity contribution in [2.45, 2.75) is 0 Å². The molecule has 2 rings (SSSR count). The molecule has 5 heteroatoms. The van der Waals surface area contributed by atoms with E-state index in [2.05, 4.69) is 10.5 Å². The molecular weight excluding hydrogens is 245 g/mol. The maximum Gasteiger partial charge on any atom is 0.273 e. The molecule has 96 valence electrons. The highest BCUT2D eigenvalue weighted by Gasteiger charge is 2.06. The molecule has 0 saturated heterocycles. The fourth-order valence-electron chi connectivity index (χ4n) is 1.48. The number of hydrogen-bond acceptors (Lipinski definition) is 3. The van der Waals surface area contributed by atoms with E-state index >= 15 is 0 Å². The SMILES string of the molecule is Nc1ccccc1C(=O)NN=Cc1ccc(F)cc1. The van der Waals surface area contributed by atoms with Gasteiger partial charge >= 0.3 is 0 Å². The number of hydrogen-bond donors (Lipinski definition) is 2. The van der Waals surface area contributed by atoms with E-state index < -0.39 is 5.91 Å². The molecule has 0 aromatic heterocycles. The number of amides is 1. The minimum Gasteiger partial charge on any atom is -0.398 e. The van der Waals surface area contributed by atoms with Crippen molar-refractivity contribution in [3.05, 3.63) is 65.5 Å². The summed E-state index contributed by atoms with van der Waals surface area (Å²) in [6.45, 7) is 0. The lowest BCUT2D eigenvalue weighted by atomic mass is 10.2. The molecule has 0 spiro atoms. The van der Waals surface area contributed by atoms with Crippen molar-refractivity contribution in [2.24, 2.45) is 5.10 Å². The van der Waals surface area contributed by atoms with E-state index in [0.717, 1.165) is 0 Å². The standard InChI is InChI=1S/C14H12FN3O/c15-11-7-5-10(6-8-11)9-17-18-14(19)12-3-1-2-4-13(12)16/h1-9H,16H2,(H,18,19). The summed E-state index contributed by atoms with van der Waals surface area (Å²) in [7, 11) is 0. The van der Waals surface area contributed by atoms with Crippen molar-refractivity contribution in [2.75, 3.05) is 5.73 Å². The van der Waals surface area contributed by atoms with Crippen molar-refractivity contribution >= 4 is 17.8 Å². The summed E-state index contributed by atoms with van der Waals surface area (Å²) in [5, 5.41) is 3.79. The average Bonchev–Trinajstić information content (AvgIpc) is 2.41. The fourth-order valence-corrected chi connectivity index (χ4v) is 1.48. The predicted molar refractivity (Wildman–Crippen MR) is 72.3 cm³/mol. The van der Waals surface area contributed by atoms with Crippen molar-refractivity contribution in [3.8, 4) is 0 Å². The Morgan fingerprint density at radius 3 is 2.53 bits per heavy atom. The topological polar surface area (TPSA) is 67.5 Å². The van der Waals surface area contributed by atoms with Crippen LogP contribution in [0.1, 0.15) is 15.9 Å². The van der Waals surface area contributed by atoms with Crippen molar-refractivity contribution in [3.63, 3.8) is 0 Å². The molecule has 4 nitrogen and oxygen atoms in total. The lowest BCUT2D eigenvalue weighted by molar-refractivity contribution is 0.0956. The van der Waals surface area contributed by atoms with Gasteiger partial charge in [-0.05, 0) is 29.8 Å². The number of para-hydroxylation sites is 1. The van der Waals surface area contributed by atoms with Crippen LogP contribution in [0.3, 0.4) is 0 Å². The zero-order valence-corrected chi connectivity index (χ0v) is 10.0. The van der Waals surface area contributed by atoms with Gasteiger partial charge in [0.1, 0.15) is 5.82 Å². The second-order valence-electron chi connectivity index (χ2n) is 3.84. The third kappa shape index (κ3) is 3.38. The van der Waals surface area contributed by atoms with Crippen LogP contribution in [0, 0.1) is 5.82 Å². The van der Waals surface area contributed by atoms with Gasteiger partial charge in [-0.3, -0.25) is 4.79 Å². The maximum atomic E-state index is 12.7. The molecule has 0 fully saturated rings. The normalized spacial score (nSPS) is 10.6. The first-order valence-electron chi connectivity index (χ1n) is 5.60. The molecule has 0 saturated carbocycles. The van der Waals surface area contributed by atoms with E-state index in [4.69, 9.17) is 5.73 Å². The van der Waals surface area contributed by atoms with Crippen molar-refractivity contribution in [1.29, 1.82) is 0 Å². The summed E-state index contributed by atoms with van der Waals surface area (Å²) in [5.41, 5.74) is 9.46. The minimum absolute atomic E-state index is 0.321. The molecule has 0 radical (unpaired) electrons. The highest BCUT2D eigenvalue weighted by atomic mass is 19.1. The number of carbonyl (C=O) groups excluding carboxylic acids is 1. The average molecular weight is 257 g/mol. The Kier molecular flexibility index (Phi) is 3.87. The Balaban J connectivity index is 2.01. The number of nitrogens with two attached hydrogens (primary N) is 1. The quantitative estimate of drug-likeness (QED) is 0.502. The van der Waals surface area contributed by atoms with E-state index in [9.17, 15) is 9.18 Å². The summed E-state index contributed by atoms with van der Waals surface area (Å²) in [6.07, 6.45) is 1.43. The third-order valence-electron chi connectivity index (χ3n) is 2.46. The number of anilines is 1. The molecule has 2 aromatic rings. The third-order valence-corrected chi connectivity index (χ3v) is 2.46. The number of benzene rings is 2. The number of nitrogen functional groups attached to an aromatic ring is 1. The molecular formula is C14H12FN3O. The van der Waals surface area contributed by atoms with Crippen LogP contribution in [0.25, 0.3) is 0 Å². The summed E-state index contributed by atoms with van der Waals surface area (Å²) in [4.78, 5) is 11.7. The number of rotatable bonds is 3. The Morgan fingerprint density at radius 1 is 1.16 bits per heavy atom. The van der Waals surface area contributed by atoms with Gasteiger partial charge in [-0.15, -0.1) is 0 Å². The second kappa shape index (κ2) is 5.77. The Bertz CT molecular complexity index is 608. The van der Waals surface area contributed by atoms with Crippen molar-refractivity contribution < 1.29 is 9.18 Å². The molecule has 0 aliphatic heterocycles. The van der Waals surface area contributed by atoms with E-state index in [1.54, 1.807) is 36.4 Å². The molecule has 0 unspecified atom stereocenters. The lowest BCUT2D eigenvalue weighted by Gasteiger charge is -2.02. The van der Waals surface area contributed by atoms with Gasteiger partial charge < -0.3 is 5.73 Å². The van der Waals surface area contributed by atoms with Gasteiger partial charge in [-0.1, -0.05) is 24.3 Å². The lowest BCUT2D eigenvalue weighted by Crippen LogP contribution is -2.18. The monoisotopic (exact) mass is 257 g/mol. The number of nitrogens with zero attached hydrogens (tertiary/aromatic N) is 1. The largest absolute Gasteiger partial charge is 0.398 e. The number of hydrazone groups is 1. The van der Waals surface area contributed by atoms with Crippen LogP contribution in [0.15, 0.2) is 53.6 Å². The van der Waals surface area contributed by atoms with Crippen molar-refractivity contribution in [1.82, 2.24) is 5.43 Å². The number of carbonyl (C=O) groups is 1. The van der Waals surface area contributed by atoms with Crippen LogP contribution in [-0.2, 0) is 0 Å². The van der Waals surface area contributed by atoms with Crippen LogP contribution >= 0.6 is 0 Å². The molecule has 0 heterocycles. The van der Waals surface area contributed by atoms with Gasteiger partial charge in [-0.25, -0.2) is 9.82 Å². The van der Waals surface area contributed by atoms with Crippen LogP contribution in [-0.4, -0.2) is 12.1 Å². The highest BCUT2D eigenvalue weighted by molar-refractivity contribution is 5.99. The first-order chi connectivity index (χ1) is 9.16. The molecule has 2 aromatic carbocycles. The molecule has 19 heavy (non-hydrogen) atoms. The van der Waals surface area contributed by atoms with Gasteiger partial charge in [0.25, 0.3) is 5.91 Å². The summed E-state index contributed by atoms with van der Waals surface area (Å²) in [6, 6.07) is 12.5. The Hall–Kier alpha value is -2.69. The smallest absolute Gasteiger partial charge is 0.273 e. The van der Waals surface area contributed by atoms with Gasteiger partial charge in [-0.2, -0.15) is 5.10 Å². The van der Waals surface area contributed by atoms with Crippen LogP contribution in [0.4, 0.5) is 10.1 Å². The second-order valence-corrected chi connectivity index (χ2v) is 3.84. The van der Waals surface area contributed by atoms with Crippen LogP contribution in [0.5, 0.6) is 0 Å². The molecule has 3 N–H and O–H groups in total. The minimum atomic E-state index is -0.392. The zero-order valence-electron chi connectivity index (χ0n) is 10.0. The van der Waals surface area contributed by atoms with Gasteiger partial charge in [0.15, 0.2) is 0 Å². The number of halogens is 1. The summed E-state index contributed by atoms with van der Waals surface area (Å²) < 4.78 is 12.7. The fraction of sp³-hybridized carbons (Fsp3) is 0.